The fraction of sp³-hybridized carbons (Fsp3) is 0.278. The van der Waals surface area contributed by atoms with E-state index in [0.717, 1.165) is 11.3 Å². The van der Waals surface area contributed by atoms with Crippen LogP contribution in [0, 0.1) is 5.82 Å². The summed E-state index contributed by atoms with van der Waals surface area (Å²) in [6, 6.07) is 10.1. The third-order valence-electron chi connectivity index (χ3n) is 3.39. The SMILES string of the molecule is CCOc1cc(NC(=NC)NCc2ccc(F)c(Cl)c2)ccc1OC.I. The molecule has 0 aliphatic heterocycles. The Kier molecular flexibility index (Phi) is 9.50. The van der Waals surface area contributed by atoms with Gasteiger partial charge in [0.2, 0.25) is 0 Å². The summed E-state index contributed by atoms with van der Waals surface area (Å²) in [5.74, 6) is 1.44. The minimum absolute atomic E-state index is 0. The zero-order chi connectivity index (χ0) is 18.2. The molecule has 0 heterocycles. The average molecular weight is 494 g/mol. The van der Waals surface area contributed by atoms with Crippen molar-refractivity contribution >= 4 is 47.2 Å². The molecule has 0 aromatic heterocycles. The van der Waals surface area contributed by atoms with Crippen molar-refractivity contribution in [3.63, 3.8) is 0 Å². The lowest BCUT2D eigenvalue weighted by Gasteiger charge is -2.15. The van der Waals surface area contributed by atoms with Crippen LogP contribution in [0.3, 0.4) is 0 Å². The number of halogens is 3. The largest absolute Gasteiger partial charge is 0.493 e. The molecule has 8 heteroatoms. The zero-order valence-electron chi connectivity index (χ0n) is 14.8. The Labute approximate surface area is 175 Å². The molecule has 0 spiro atoms. The van der Waals surface area contributed by atoms with Crippen LogP contribution in [0.1, 0.15) is 12.5 Å². The number of guanidine groups is 1. The van der Waals surface area contributed by atoms with Gasteiger partial charge in [-0.25, -0.2) is 4.39 Å². The second kappa shape index (κ2) is 11.1. The van der Waals surface area contributed by atoms with Gasteiger partial charge in [-0.3, -0.25) is 4.99 Å². The molecular formula is C18H22ClFIN3O2. The van der Waals surface area contributed by atoms with Gasteiger partial charge >= 0.3 is 0 Å². The van der Waals surface area contributed by atoms with Crippen LogP contribution in [0.25, 0.3) is 0 Å². The number of ether oxygens (including phenoxy) is 2. The molecule has 2 aromatic rings. The highest BCUT2D eigenvalue weighted by molar-refractivity contribution is 14.0. The van der Waals surface area contributed by atoms with Gasteiger partial charge in [0.05, 0.1) is 18.7 Å². The molecule has 0 aliphatic rings. The number of anilines is 1. The van der Waals surface area contributed by atoms with Crippen molar-refractivity contribution in [2.45, 2.75) is 13.5 Å². The topological polar surface area (TPSA) is 54.9 Å². The third kappa shape index (κ3) is 6.21. The van der Waals surface area contributed by atoms with E-state index in [0.29, 0.717) is 30.6 Å². The second-order valence-electron chi connectivity index (χ2n) is 5.10. The van der Waals surface area contributed by atoms with E-state index in [2.05, 4.69) is 15.6 Å². The minimum atomic E-state index is -0.436. The Morgan fingerprint density at radius 2 is 1.96 bits per heavy atom. The molecule has 2 aromatic carbocycles. The Bertz CT molecular complexity index is 759. The lowest BCUT2D eigenvalue weighted by atomic mass is 10.2. The van der Waals surface area contributed by atoms with Gasteiger partial charge in [-0.1, -0.05) is 17.7 Å². The molecule has 142 valence electrons. The average Bonchev–Trinajstić information content (AvgIpc) is 2.62. The van der Waals surface area contributed by atoms with Crippen molar-refractivity contribution in [3.05, 3.63) is 52.8 Å². The molecule has 0 unspecified atom stereocenters. The zero-order valence-corrected chi connectivity index (χ0v) is 17.9. The van der Waals surface area contributed by atoms with Gasteiger partial charge in [0.15, 0.2) is 17.5 Å². The molecule has 2 N–H and O–H groups in total. The van der Waals surface area contributed by atoms with Crippen molar-refractivity contribution in [1.82, 2.24) is 5.32 Å². The van der Waals surface area contributed by atoms with Crippen molar-refractivity contribution in [3.8, 4) is 11.5 Å². The predicted molar refractivity (Wildman–Crippen MR) is 115 cm³/mol. The maximum absolute atomic E-state index is 13.2. The summed E-state index contributed by atoms with van der Waals surface area (Å²) < 4.78 is 24.0. The first-order chi connectivity index (χ1) is 12.1. The summed E-state index contributed by atoms with van der Waals surface area (Å²) in [6.45, 7) is 2.90. The standard InChI is InChI=1S/C18H21ClFN3O2.HI/c1-4-25-17-10-13(6-8-16(17)24-3)23-18(21-2)22-11-12-5-7-15(20)14(19)9-12;/h5-10H,4,11H2,1-3H3,(H2,21,22,23);1H. The van der Waals surface area contributed by atoms with E-state index in [1.165, 1.54) is 6.07 Å². The molecule has 0 amide bonds. The van der Waals surface area contributed by atoms with Gasteiger partial charge in [0.1, 0.15) is 5.82 Å². The summed E-state index contributed by atoms with van der Waals surface area (Å²) in [5.41, 5.74) is 1.65. The number of rotatable bonds is 6. The van der Waals surface area contributed by atoms with E-state index < -0.39 is 5.82 Å². The number of nitrogens with one attached hydrogen (secondary N) is 2. The molecule has 0 atom stereocenters. The van der Waals surface area contributed by atoms with Crippen LogP contribution in [0.15, 0.2) is 41.4 Å². The van der Waals surface area contributed by atoms with Gasteiger partial charge in [-0.15, -0.1) is 24.0 Å². The highest BCUT2D eigenvalue weighted by Crippen LogP contribution is 2.30. The Morgan fingerprint density at radius 3 is 2.58 bits per heavy atom. The van der Waals surface area contributed by atoms with Crippen molar-refractivity contribution < 1.29 is 13.9 Å². The summed E-state index contributed by atoms with van der Waals surface area (Å²) in [5, 5.41) is 6.41. The Morgan fingerprint density at radius 1 is 1.19 bits per heavy atom. The monoisotopic (exact) mass is 493 g/mol. The van der Waals surface area contributed by atoms with Gasteiger partial charge in [-0.05, 0) is 36.8 Å². The Balaban J connectivity index is 0.00000338. The van der Waals surface area contributed by atoms with E-state index in [9.17, 15) is 4.39 Å². The van der Waals surface area contributed by atoms with Crippen LogP contribution in [-0.4, -0.2) is 26.7 Å². The molecule has 5 nitrogen and oxygen atoms in total. The predicted octanol–water partition coefficient (Wildman–Crippen LogP) is 4.69. The van der Waals surface area contributed by atoms with Gasteiger partial charge < -0.3 is 20.1 Å². The summed E-state index contributed by atoms with van der Waals surface area (Å²) >= 11 is 5.79. The molecule has 0 aliphatic carbocycles. The van der Waals surface area contributed by atoms with Crippen LogP contribution in [0.4, 0.5) is 10.1 Å². The van der Waals surface area contributed by atoms with Gasteiger partial charge in [-0.2, -0.15) is 0 Å². The molecule has 0 saturated carbocycles. The van der Waals surface area contributed by atoms with Crippen LogP contribution < -0.4 is 20.1 Å². The first-order valence-electron chi connectivity index (χ1n) is 7.79. The summed E-state index contributed by atoms with van der Waals surface area (Å²) in [6.07, 6.45) is 0. The van der Waals surface area contributed by atoms with Crippen LogP contribution in [-0.2, 0) is 6.54 Å². The number of hydrogen-bond donors (Lipinski definition) is 2. The molecule has 0 fully saturated rings. The first-order valence-corrected chi connectivity index (χ1v) is 8.17. The maximum Gasteiger partial charge on any atom is 0.195 e. The molecule has 26 heavy (non-hydrogen) atoms. The third-order valence-corrected chi connectivity index (χ3v) is 3.68. The second-order valence-corrected chi connectivity index (χ2v) is 5.51. The van der Waals surface area contributed by atoms with Crippen LogP contribution in [0.5, 0.6) is 11.5 Å². The fourth-order valence-electron chi connectivity index (χ4n) is 2.17. The lowest BCUT2D eigenvalue weighted by Crippen LogP contribution is -2.30. The fourth-order valence-corrected chi connectivity index (χ4v) is 2.38. The van der Waals surface area contributed by atoms with Crippen LogP contribution >= 0.6 is 35.6 Å². The highest BCUT2D eigenvalue weighted by atomic mass is 127. The lowest BCUT2D eigenvalue weighted by molar-refractivity contribution is 0.311. The number of aliphatic imine (C=N–C) groups is 1. The minimum Gasteiger partial charge on any atom is -0.493 e. The molecular weight excluding hydrogens is 472 g/mol. The van der Waals surface area contributed by atoms with E-state index in [4.69, 9.17) is 21.1 Å². The normalized spacial score (nSPS) is 10.7. The Hall–Kier alpha value is -1.74. The van der Waals surface area contributed by atoms with Gasteiger partial charge in [0.25, 0.3) is 0 Å². The maximum atomic E-state index is 13.2. The molecule has 2 rings (SSSR count). The first kappa shape index (κ1) is 22.3. The smallest absolute Gasteiger partial charge is 0.195 e. The summed E-state index contributed by atoms with van der Waals surface area (Å²) in [7, 11) is 3.26. The van der Waals surface area contributed by atoms with E-state index in [1.807, 2.05) is 25.1 Å². The van der Waals surface area contributed by atoms with Crippen molar-refractivity contribution in [2.24, 2.45) is 4.99 Å². The van der Waals surface area contributed by atoms with E-state index >= 15 is 0 Å². The number of nitrogens with zero attached hydrogens (tertiary/aromatic N) is 1. The number of hydrogen-bond acceptors (Lipinski definition) is 3. The quantitative estimate of drug-likeness (QED) is 0.348. The van der Waals surface area contributed by atoms with Crippen molar-refractivity contribution in [2.75, 3.05) is 26.1 Å². The molecule has 0 radical (unpaired) electrons. The van der Waals surface area contributed by atoms with E-state index in [1.54, 1.807) is 26.3 Å². The number of methoxy groups -OCH3 is 1. The van der Waals surface area contributed by atoms with E-state index in [-0.39, 0.29) is 29.0 Å². The van der Waals surface area contributed by atoms with Gasteiger partial charge in [0, 0.05) is 25.3 Å². The van der Waals surface area contributed by atoms with Crippen LogP contribution in [0.2, 0.25) is 5.02 Å². The molecule has 0 saturated heterocycles. The van der Waals surface area contributed by atoms with Crippen molar-refractivity contribution in [1.29, 1.82) is 0 Å². The number of benzene rings is 2. The summed E-state index contributed by atoms with van der Waals surface area (Å²) in [4.78, 5) is 4.17. The highest BCUT2D eigenvalue weighted by Gasteiger charge is 2.07. The molecule has 0 bridgehead atoms.